The summed E-state index contributed by atoms with van der Waals surface area (Å²) in [6.07, 6.45) is 7.42. The molecule has 100 valence electrons. The van der Waals surface area contributed by atoms with Gasteiger partial charge in [-0.05, 0) is 5.56 Å². The molecule has 2 heterocycles. The number of hydrogen-bond acceptors (Lipinski definition) is 4. The first-order valence-corrected chi connectivity index (χ1v) is 6.16. The highest BCUT2D eigenvalue weighted by atomic mass is 16.1. The van der Waals surface area contributed by atoms with E-state index in [1.807, 2.05) is 47.1 Å². The fourth-order valence-corrected chi connectivity index (χ4v) is 1.97. The van der Waals surface area contributed by atoms with Gasteiger partial charge in [0.25, 0.3) is 0 Å². The Morgan fingerprint density at radius 1 is 1.15 bits per heavy atom. The summed E-state index contributed by atoms with van der Waals surface area (Å²) in [7, 11) is 0. The second kappa shape index (κ2) is 5.00. The predicted octanol–water partition coefficient (Wildman–Crippen LogP) is 1.19. The van der Waals surface area contributed by atoms with Gasteiger partial charge >= 0.3 is 5.69 Å². The van der Waals surface area contributed by atoms with Crippen LogP contribution in [0.25, 0.3) is 11.9 Å². The lowest BCUT2D eigenvalue weighted by Crippen LogP contribution is -2.19. The van der Waals surface area contributed by atoms with E-state index in [1.165, 1.54) is 4.40 Å². The molecule has 0 aliphatic carbocycles. The zero-order valence-corrected chi connectivity index (χ0v) is 10.7. The number of imidazole rings is 1. The topological polar surface area (TPSA) is 78.2 Å². The van der Waals surface area contributed by atoms with Crippen molar-refractivity contribution in [2.24, 2.45) is 0 Å². The summed E-state index contributed by atoms with van der Waals surface area (Å²) in [5.74, 6) is 0.474. The summed E-state index contributed by atoms with van der Waals surface area (Å²) in [6, 6.07) is 9.99. The van der Waals surface area contributed by atoms with Gasteiger partial charge < -0.3 is 10.3 Å². The molecule has 2 aromatic heterocycles. The Morgan fingerprint density at radius 2 is 1.95 bits per heavy atom. The molecule has 0 aliphatic heterocycles. The number of nitrogen functional groups attached to an aromatic ring is 1. The molecule has 3 rings (SSSR count). The third-order valence-corrected chi connectivity index (χ3v) is 2.91. The Hall–Kier alpha value is -2.89. The largest absolute Gasteiger partial charge is 0.368 e. The summed E-state index contributed by atoms with van der Waals surface area (Å²) in [5, 5.41) is 0. The normalized spacial score (nSPS) is 11.4. The van der Waals surface area contributed by atoms with Crippen LogP contribution in [0.5, 0.6) is 0 Å². The summed E-state index contributed by atoms with van der Waals surface area (Å²) >= 11 is 0. The highest BCUT2D eigenvalue weighted by molar-refractivity contribution is 5.48. The van der Waals surface area contributed by atoms with E-state index in [4.69, 9.17) is 5.73 Å². The fourth-order valence-electron chi connectivity index (χ4n) is 1.97. The van der Waals surface area contributed by atoms with Gasteiger partial charge in [-0.3, -0.25) is 0 Å². The summed E-state index contributed by atoms with van der Waals surface area (Å²) < 4.78 is 3.20. The van der Waals surface area contributed by atoms with Gasteiger partial charge in [0, 0.05) is 18.9 Å². The Kier molecular flexibility index (Phi) is 3.04. The maximum absolute atomic E-state index is 11.6. The highest BCUT2D eigenvalue weighted by Crippen LogP contribution is 2.04. The molecule has 0 bridgehead atoms. The molecule has 2 N–H and O–H groups in total. The fraction of sp³-hybridized carbons (Fsp3) is 0.0714. The van der Waals surface area contributed by atoms with Gasteiger partial charge in [-0.25, -0.2) is 9.20 Å². The zero-order valence-electron chi connectivity index (χ0n) is 10.7. The number of allylic oxidation sites excluding steroid dienone is 1. The second-order valence-corrected chi connectivity index (χ2v) is 4.30. The van der Waals surface area contributed by atoms with Crippen LogP contribution >= 0.6 is 0 Å². The molecule has 1 aromatic carbocycles. The van der Waals surface area contributed by atoms with E-state index in [2.05, 4.69) is 9.97 Å². The first-order valence-electron chi connectivity index (χ1n) is 6.16. The summed E-state index contributed by atoms with van der Waals surface area (Å²) in [6.45, 7) is 0.598. The van der Waals surface area contributed by atoms with Gasteiger partial charge in [-0.2, -0.15) is 9.97 Å². The van der Waals surface area contributed by atoms with Crippen LogP contribution in [0.2, 0.25) is 0 Å². The molecule has 6 nitrogen and oxygen atoms in total. The number of nitrogens with zero attached hydrogens (tertiary/aromatic N) is 4. The maximum atomic E-state index is 11.6. The van der Waals surface area contributed by atoms with Crippen LogP contribution in [0.15, 0.2) is 53.6 Å². The summed E-state index contributed by atoms with van der Waals surface area (Å²) in [4.78, 5) is 19.3. The van der Waals surface area contributed by atoms with E-state index in [1.54, 1.807) is 12.4 Å². The van der Waals surface area contributed by atoms with Crippen molar-refractivity contribution in [2.45, 2.75) is 6.54 Å². The minimum Gasteiger partial charge on any atom is -0.368 e. The Labute approximate surface area is 114 Å². The molecule has 0 spiro atoms. The molecule has 3 aromatic rings. The van der Waals surface area contributed by atoms with E-state index in [0.29, 0.717) is 12.3 Å². The molecule has 0 radical (unpaired) electrons. The van der Waals surface area contributed by atoms with E-state index in [9.17, 15) is 4.79 Å². The van der Waals surface area contributed by atoms with Crippen LogP contribution in [0.1, 0.15) is 5.56 Å². The average molecular weight is 267 g/mol. The van der Waals surface area contributed by atoms with Crippen molar-refractivity contribution < 1.29 is 0 Å². The van der Waals surface area contributed by atoms with Gasteiger partial charge in [0.2, 0.25) is 11.7 Å². The number of fused-ring (bicyclic) bond motifs is 1. The van der Waals surface area contributed by atoms with Crippen molar-refractivity contribution in [3.05, 3.63) is 64.8 Å². The summed E-state index contributed by atoms with van der Waals surface area (Å²) in [5.41, 5.74) is 6.21. The third-order valence-electron chi connectivity index (χ3n) is 2.91. The van der Waals surface area contributed by atoms with Crippen molar-refractivity contribution in [1.82, 2.24) is 18.9 Å². The van der Waals surface area contributed by atoms with Gasteiger partial charge in [0.15, 0.2) is 0 Å². The molecule has 0 atom stereocenters. The van der Waals surface area contributed by atoms with E-state index >= 15 is 0 Å². The molecule has 0 fully saturated rings. The molecule has 20 heavy (non-hydrogen) atoms. The number of nitrogens with two attached hydrogens (primary N) is 1. The Morgan fingerprint density at radius 3 is 2.75 bits per heavy atom. The molecule has 0 amide bonds. The highest BCUT2D eigenvalue weighted by Gasteiger charge is 2.05. The van der Waals surface area contributed by atoms with Gasteiger partial charge in [-0.1, -0.05) is 42.5 Å². The standard InChI is InChI=1S/C14H13N5O/c15-12-16-13-18(9-10-19(13)14(20)17-12)8-4-7-11-5-2-1-3-6-11/h1-7,9-10H,8H2,(H2,15,17,20)/b7-4-. The van der Waals surface area contributed by atoms with Crippen LogP contribution in [0.3, 0.4) is 0 Å². The smallest absolute Gasteiger partial charge is 0.357 e. The Bertz CT molecular complexity index is 816. The third kappa shape index (κ3) is 2.31. The van der Waals surface area contributed by atoms with Crippen molar-refractivity contribution in [1.29, 1.82) is 0 Å². The van der Waals surface area contributed by atoms with E-state index < -0.39 is 5.69 Å². The molecule has 0 aliphatic rings. The number of rotatable bonds is 3. The van der Waals surface area contributed by atoms with Gasteiger partial charge in [0.05, 0.1) is 0 Å². The zero-order chi connectivity index (χ0) is 13.9. The quantitative estimate of drug-likeness (QED) is 0.773. The van der Waals surface area contributed by atoms with E-state index in [0.717, 1.165) is 5.56 Å². The van der Waals surface area contributed by atoms with Gasteiger partial charge in [0.1, 0.15) is 0 Å². The van der Waals surface area contributed by atoms with Crippen molar-refractivity contribution >= 4 is 17.8 Å². The first-order chi connectivity index (χ1) is 9.74. The second-order valence-electron chi connectivity index (χ2n) is 4.30. The van der Waals surface area contributed by atoms with Crippen molar-refractivity contribution in [2.75, 3.05) is 5.73 Å². The number of benzene rings is 1. The molecule has 0 saturated heterocycles. The molecule has 0 unspecified atom stereocenters. The molecular weight excluding hydrogens is 254 g/mol. The van der Waals surface area contributed by atoms with Crippen molar-refractivity contribution in [3.63, 3.8) is 0 Å². The predicted molar refractivity (Wildman–Crippen MR) is 77.1 cm³/mol. The Balaban J connectivity index is 1.89. The van der Waals surface area contributed by atoms with Crippen LogP contribution in [0.4, 0.5) is 5.95 Å². The van der Waals surface area contributed by atoms with E-state index in [-0.39, 0.29) is 5.95 Å². The first kappa shape index (κ1) is 12.2. The monoisotopic (exact) mass is 267 g/mol. The lowest BCUT2D eigenvalue weighted by Gasteiger charge is -2.00. The molecule has 6 heteroatoms. The lowest BCUT2D eigenvalue weighted by atomic mass is 10.2. The average Bonchev–Trinajstić information content (AvgIpc) is 2.83. The number of hydrogen-bond donors (Lipinski definition) is 1. The van der Waals surface area contributed by atoms with Crippen molar-refractivity contribution in [3.8, 4) is 0 Å². The lowest BCUT2D eigenvalue weighted by molar-refractivity contribution is 0.824. The molecule has 0 saturated carbocycles. The van der Waals surface area contributed by atoms with Crippen LogP contribution < -0.4 is 11.4 Å². The van der Waals surface area contributed by atoms with Crippen LogP contribution in [0, 0.1) is 0 Å². The number of anilines is 1. The minimum atomic E-state index is -0.418. The number of aromatic nitrogens is 4. The molecular formula is C14H13N5O. The van der Waals surface area contributed by atoms with Crippen LogP contribution in [-0.4, -0.2) is 18.9 Å². The maximum Gasteiger partial charge on any atom is 0.357 e. The van der Waals surface area contributed by atoms with Gasteiger partial charge in [-0.15, -0.1) is 0 Å². The van der Waals surface area contributed by atoms with Crippen LogP contribution in [-0.2, 0) is 6.54 Å². The SMILES string of the molecule is Nc1nc(=O)n2ccn(C/C=C\c3ccccc3)c2n1. The minimum absolute atomic E-state index is 0.0120.